The second-order valence-electron chi connectivity index (χ2n) is 8.46. The van der Waals surface area contributed by atoms with Gasteiger partial charge in [-0.2, -0.15) is 0 Å². The average Bonchev–Trinajstić information content (AvgIpc) is 2.90. The maximum atomic E-state index is 13.7. The molecule has 0 radical (unpaired) electrons. The van der Waals surface area contributed by atoms with Gasteiger partial charge in [0.05, 0.1) is 34.4 Å². The topological polar surface area (TPSA) is 95.9 Å². The normalized spacial score (nSPS) is 19.7. The molecule has 1 aliphatic rings. The van der Waals surface area contributed by atoms with Crippen molar-refractivity contribution in [2.45, 2.75) is 44.4 Å². The quantitative estimate of drug-likeness (QED) is 0.382. The molecule has 0 aliphatic carbocycles. The third-order valence-corrected chi connectivity index (χ3v) is 8.22. The van der Waals surface area contributed by atoms with Crippen molar-refractivity contribution >= 4 is 32.9 Å². The monoisotopic (exact) mass is 472 g/mol. The molecule has 33 heavy (non-hydrogen) atoms. The molecule has 1 heterocycles. The number of benzene rings is 2. The van der Waals surface area contributed by atoms with Crippen LogP contribution in [-0.4, -0.2) is 38.8 Å². The van der Waals surface area contributed by atoms with Crippen molar-refractivity contribution < 1.29 is 23.1 Å². The number of hydrogen-bond acceptors (Lipinski definition) is 6. The first-order valence-electron chi connectivity index (χ1n) is 11.2. The van der Waals surface area contributed by atoms with E-state index < -0.39 is 21.2 Å². The van der Waals surface area contributed by atoms with Crippen LogP contribution in [0.5, 0.6) is 5.75 Å². The number of fused-ring (bicyclic) bond motifs is 1. The fourth-order valence-electron chi connectivity index (χ4n) is 4.35. The van der Waals surface area contributed by atoms with Gasteiger partial charge in [0.1, 0.15) is 0 Å². The zero-order valence-electron chi connectivity index (χ0n) is 19.4. The number of carboxylic acid groups (broad SMARTS) is 1. The van der Waals surface area contributed by atoms with E-state index in [-0.39, 0.29) is 16.4 Å². The van der Waals surface area contributed by atoms with Crippen LogP contribution in [0.1, 0.15) is 39.5 Å². The largest absolute Gasteiger partial charge is 0.478 e. The van der Waals surface area contributed by atoms with E-state index in [4.69, 9.17) is 9.84 Å². The molecule has 178 valence electrons. The number of sulfone groups is 1. The van der Waals surface area contributed by atoms with Gasteiger partial charge in [-0.3, -0.25) is 0 Å². The number of rotatable bonds is 9. The van der Waals surface area contributed by atoms with Crippen molar-refractivity contribution in [3.8, 4) is 5.75 Å². The Labute approximate surface area is 196 Å². The molecule has 1 aliphatic heterocycles. The summed E-state index contributed by atoms with van der Waals surface area (Å²) in [6.45, 7) is 4.77. The van der Waals surface area contributed by atoms with Gasteiger partial charge in [-0.1, -0.05) is 44.9 Å². The van der Waals surface area contributed by atoms with Crippen LogP contribution in [0.2, 0.25) is 0 Å². The van der Waals surface area contributed by atoms with Gasteiger partial charge < -0.3 is 20.1 Å². The van der Waals surface area contributed by atoms with Crippen LogP contribution in [0.15, 0.2) is 59.7 Å². The highest BCUT2D eigenvalue weighted by atomic mass is 32.2. The Kier molecular flexibility index (Phi) is 7.68. The first-order valence-corrected chi connectivity index (χ1v) is 12.9. The summed E-state index contributed by atoms with van der Waals surface area (Å²) in [6, 6.07) is 13.1. The van der Waals surface area contributed by atoms with Gasteiger partial charge in [-0.25, -0.2) is 13.2 Å². The Morgan fingerprint density at radius 2 is 1.97 bits per heavy atom. The summed E-state index contributed by atoms with van der Waals surface area (Å²) in [5.41, 5.74) is 1.68. The van der Waals surface area contributed by atoms with Crippen LogP contribution in [0.4, 0.5) is 17.1 Å². The molecule has 0 bridgehead atoms. The van der Waals surface area contributed by atoms with Crippen molar-refractivity contribution in [3.05, 3.63) is 54.8 Å². The highest BCUT2D eigenvalue weighted by Crippen LogP contribution is 2.46. The molecule has 0 saturated heterocycles. The van der Waals surface area contributed by atoms with Crippen molar-refractivity contribution in [2.75, 3.05) is 29.6 Å². The van der Waals surface area contributed by atoms with Gasteiger partial charge in [0.15, 0.2) is 15.6 Å². The molecule has 0 spiro atoms. The number of nitrogens with one attached hydrogen (secondary N) is 1. The van der Waals surface area contributed by atoms with Crippen molar-refractivity contribution in [1.29, 1.82) is 0 Å². The molecule has 0 aromatic heterocycles. The first kappa shape index (κ1) is 24.6. The molecule has 7 nitrogen and oxygen atoms in total. The molecular weight excluding hydrogens is 440 g/mol. The number of para-hydroxylation sites is 1. The van der Waals surface area contributed by atoms with E-state index in [0.717, 1.165) is 43.7 Å². The average molecular weight is 473 g/mol. The minimum Gasteiger partial charge on any atom is -0.478 e. The van der Waals surface area contributed by atoms with Crippen LogP contribution >= 0.6 is 0 Å². The Hall–Kier alpha value is -3.00. The number of nitrogens with zero attached hydrogens (tertiary/aromatic N) is 1. The summed E-state index contributed by atoms with van der Waals surface area (Å²) in [7, 11) is -1.93. The number of aliphatic carboxylic acids is 1. The first-order chi connectivity index (χ1) is 15.7. The molecule has 0 amide bonds. The Morgan fingerprint density at radius 1 is 1.24 bits per heavy atom. The van der Waals surface area contributed by atoms with Gasteiger partial charge in [0.25, 0.3) is 0 Å². The van der Waals surface area contributed by atoms with E-state index in [1.54, 1.807) is 13.1 Å². The molecule has 0 fully saturated rings. The Balaban J connectivity index is 2.22. The lowest BCUT2D eigenvalue weighted by Gasteiger charge is -2.36. The van der Waals surface area contributed by atoms with Crippen molar-refractivity contribution in [2.24, 2.45) is 5.41 Å². The van der Waals surface area contributed by atoms with Crippen molar-refractivity contribution in [1.82, 2.24) is 0 Å². The van der Waals surface area contributed by atoms with E-state index >= 15 is 0 Å². The lowest BCUT2D eigenvalue weighted by Crippen LogP contribution is -2.37. The molecule has 0 unspecified atom stereocenters. The molecule has 0 saturated carbocycles. The standard InChI is InChI=1S/C25H32N2O5S/c1-4-6-13-25(5-2)17-27(19-10-8-7-9-11-19)21-15-20(26-3)22(32-14-12-24(28)29)16-23(21)33(30,31)18-25/h7-12,14-16,26H,4-6,13,17-18H2,1-3H3,(H,28,29)/b14-12+/t25-/m1/s1. The molecule has 3 rings (SSSR count). The molecular formula is C25H32N2O5S. The number of carboxylic acids is 1. The highest BCUT2D eigenvalue weighted by Gasteiger charge is 2.41. The lowest BCUT2D eigenvalue weighted by molar-refractivity contribution is -0.131. The zero-order valence-corrected chi connectivity index (χ0v) is 20.2. The lowest BCUT2D eigenvalue weighted by atomic mass is 9.81. The number of carbonyl (C=O) groups is 1. The number of ether oxygens (including phenoxy) is 1. The molecule has 2 aromatic carbocycles. The number of hydrogen-bond donors (Lipinski definition) is 2. The summed E-state index contributed by atoms with van der Waals surface area (Å²) < 4.78 is 33.0. The zero-order chi connectivity index (χ0) is 24.1. The van der Waals surface area contributed by atoms with Crippen LogP contribution in [0, 0.1) is 5.41 Å². The summed E-state index contributed by atoms with van der Waals surface area (Å²) in [4.78, 5) is 13.1. The number of unbranched alkanes of at least 4 members (excludes halogenated alkanes) is 1. The van der Waals surface area contributed by atoms with E-state index in [1.807, 2.05) is 30.3 Å². The van der Waals surface area contributed by atoms with Gasteiger partial charge >= 0.3 is 5.97 Å². The van der Waals surface area contributed by atoms with E-state index in [9.17, 15) is 13.2 Å². The van der Waals surface area contributed by atoms with Crippen LogP contribution in [0.25, 0.3) is 0 Å². The predicted molar refractivity (Wildman–Crippen MR) is 131 cm³/mol. The molecule has 2 N–H and O–H groups in total. The van der Waals surface area contributed by atoms with Crippen LogP contribution in [0.3, 0.4) is 0 Å². The minimum atomic E-state index is -3.65. The summed E-state index contributed by atoms with van der Waals surface area (Å²) in [5.74, 6) is -0.846. The maximum Gasteiger partial charge on any atom is 0.331 e. The Bertz CT molecular complexity index is 1120. The Morgan fingerprint density at radius 3 is 2.58 bits per heavy atom. The fraction of sp³-hybridized carbons (Fsp3) is 0.400. The second kappa shape index (κ2) is 10.3. The summed E-state index contributed by atoms with van der Waals surface area (Å²) in [6.07, 6.45) is 5.42. The van der Waals surface area contributed by atoms with Gasteiger partial charge in [0, 0.05) is 30.8 Å². The van der Waals surface area contributed by atoms with Gasteiger partial charge in [0.2, 0.25) is 0 Å². The smallest absolute Gasteiger partial charge is 0.331 e. The van der Waals surface area contributed by atoms with Crippen molar-refractivity contribution in [3.63, 3.8) is 0 Å². The highest BCUT2D eigenvalue weighted by molar-refractivity contribution is 7.91. The SMILES string of the molecule is CCCC[C@]1(CC)CN(c2ccccc2)c2cc(NC)c(O/C=C/C(=O)O)cc2S(=O)(=O)C1. The van der Waals surface area contributed by atoms with Gasteiger partial charge in [-0.15, -0.1) is 0 Å². The van der Waals surface area contributed by atoms with Gasteiger partial charge in [-0.05, 0) is 31.0 Å². The maximum absolute atomic E-state index is 13.7. The number of anilines is 3. The second-order valence-corrected chi connectivity index (χ2v) is 10.4. The van der Waals surface area contributed by atoms with Crippen LogP contribution < -0.4 is 15.0 Å². The molecule has 8 heteroatoms. The van der Waals surface area contributed by atoms with E-state index in [1.165, 1.54) is 6.07 Å². The fourth-order valence-corrected chi connectivity index (χ4v) is 6.52. The third kappa shape index (κ3) is 5.50. The predicted octanol–water partition coefficient (Wildman–Crippen LogP) is 5.22. The molecule has 1 atom stereocenters. The minimum absolute atomic E-state index is 0.0517. The molecule has 2 aromatic rings. The van der Waals surface area contributed by atoms with E-state index in [0.29, 0.717) is 17.9 Å². The van der Waals surface area contributed by atoms with Crippen LogP contribution in [-0.2, 0) is 14.6 Å². The summed E-state index contributed by atoms with van der Waals surface area (Å²) in [5, 5.41) is 11.9. The third-order valence-electron chi connectivity index (χ3n) is 6.23. The summed E-state index contributed by atoms with van der Waals surface area (Å²) >= 11 is 0. The van der Waals surface area contributed by atoms with E-state index in [2.05, 4.69) is 24.1 Å².